The number of aryl methyl sites for hydroxylation is 1. The molecule has 0 radical (unpaired) electrons. The lowest BCUT2D eigenvalue weighted by molar-refractivity contribution is -0.133. The predicted molar refractivity (Wildman–Crippen MR) is 122 cm³/mol. The van der Waals surface area contributed by atoms with E-state index in [4.69, 9.17) is 4.74 Å². The fraction of sp³-hybridized carbons (Fsp3) is 0.667. The first kappa shape index (κ1) is 23.4. The molecule has 31 heavy (non-hydrogen) atoms. The third kappa shape index (κ3) is 6.12. The molecule has 2 heterocycles. The third-order valence-electron chi connectivity index (χ3n) is 6.47. The van der Waals surface area contributed by atoms with Crippen LogP contribution in [0.3, 0.4) is 0 Å². The zero-order valence-electron chi connectivity index (χ0n) is 19.4. The summed E-state index contributed by atoms with van der Waals surface area (Å²) in [6, 6.07) is 6.68. The van der Waals surface area contributed by atoms with Gasteiger partial charge >= 0.3 is 6.03 Å². The van der Waals surface area contributed by atoms with Crippen LogP contribution in [-0.2, 0) is 17.8 Å². The number of amides is 3. The van der Waals surface area contributed by atoms with Crippen LogP contribution < -0.4 is 10.1 Å². The minimum atomic E-state index is -0.0629. The highest BCUT2D eigenvalue weighted by molar-refractivity contribution is 5.76. The number of rotatable bonds is 7. The molecular weight excluding hydrogens is 392 g/mol. The maximum atomic E-state index is 12.8. The number of nitrogens with zero attached hydrogens (tertiary/aromatic N) is 3. The number of benzene rings is 1. The monoisotopic (exact) mass is 430 g/mol. The topological polar surface area (TPSA) is 65.1 Å². The smallest absolute Gasteiger partial charge is 0.317 e. The normalized spacial score (nSPS) is 17.2. The molecule has 1 N–H and O–H groups in total. The van der Waals surface area contributed by atoms with Gasteiger partial charge in [0.2, 0.25) is 5.91 Å². The molecule has 172 valence electrons. The highest BCUT2D eigenvalue weighted by Crippen LogP contribution is 2.25. The number of nitrogens with one attached hydrogen (secondary N) is 1. The number of urea groups is 1. The third-order valence-corrected chi connectivity index (χ3v) is 6.47. The van der Waals surface area contributed by atoms with Crippen molar-refractivity contribution >= 4 is 11.9 Å². The minimum absolute atomic E-state index is 0.0629. The molecule has 2 aliphatic heterocycles. The van der Waals surface area contributed by atoms with E-state index in [9.17, 15) is 9.59 Å². The highest BCUT2D eigenvalue weighted by atomic mass is 16.5. The molecule has 1 fully saturated rings. The molecule has 0 saturated carbocycles. The summed E-state index contributed by atoms with van der Waals surface area (Å²) < 4.78 is 5.83. The van der Waals surface area contributed by atoms with E-state index in [1.54, 1.807) is 4.90 Å². The molecular formula is C24H38N4O3. The van der Waals surface area contributed by atoms with Crippen LogP contribution in [0.5, 0.6) is 5.75 Å². The van der Waals surface area contributed by atoms with E-state index in [-0.39, 0.29) is 11.9 Å². The molecule has 0 spiro atoms. The lowest BCUT2D eigenvalue weighted by atomic mass is 10.0. The second-order valence-corrected chi connectivity index (χ2v) is 8.43. The summed E-state index contributed by atoms with van der Waals surface area (Å²) in [5.74, 6) is 1.07. The SMILES string of the molecule is CCNC(=O)N1CCOc2ccc(CCC(=O)N3CCN(C(CC)CC)CC3)cc2C1. The molecule has 7 nitrogen and oxygen atoms in total. The molecule has 7 heteroatoms. The number of hydrogen-bond acceptors (Lipinski definition) is 4. The van der Waals surface area contributed by atoms with E-state index >= 15 is 0 Å². The lowest BCUT2D eigenvalue weighted by Gasteiger charge is -2.39. The first-order valence-corrected chi connectivity index (χ1v) is 11.8. The van der Waals surface area contributed by atoms with Crippen molar-refractivity contribution in [3.63, 3.8) is 0 Å². The van der Waals surface area contributed by atoms with E-state index in [0.717, 1.165) is 43.1 Å². The van der Waals surface area contributed by atoms with Gasteiger partial charge in [0, 0.05) is 50.7 Å². The first-order chi connectivity index (χ1) is 15.0. The number of fused-ring (bicyclic) bond motifs is 1. The van der Waals surface area contributed by atoms with Gasteiger partial charge in [-0.3, -0.25) is 9.69 Å². The molecule has 3 amide bonds. The van der Waals surface area contributed by atoms with Gasteiger partial charge in [-0.1, -0.05) is 26.0 Å². The van der Waals surface area contributed by atoms with Crippen LogP contribution in [0.4, 0.5) is 4.79 Å². The Morgan fingerprint density at radius 1 is 1.03 bits per heavy atom. The molecule has 2 aliphatic rings. The number of piperazine rings is 1. The second-order valence-electron chi connectivity index (χ2n) is 8.43. The van der Waals surface area contributed by atoms with Crippen LogP contribution in [0.15, 0.2) is 18.2 Å². The van der Waals surface area contributed by atoms with Crippen LogP contribution in [0, 0.1) is 0 Å². The summed E-state index contributed by atoms with van der Waals surface area (Å²) in [6.45, 7) is 12.2. The fourth-order valence-corrected chi connectivity index (χ4v) is 4.59. The molecule has 3 rings (SSSR count). The molecule has 1 saturated heterocycles. The van der Waals surface area contributed by atoms with E-state index in [0.29, 0.717) is 45.1 Å². The van der Waals surface area contributed by atoms with Crippen LogP contribution in [0.2, 0.25) is 0 Å². The molecule has 0 bridgehead atoms. The van der Waals surface area contributed by atoms with Crippen molar-refractivity contribution in [3.8, 4) is 5.75 Å². The van der Waals surface area contributed by atoms with Gasteiger partial charge in [0.1, 0.15) is 12.4 Å². The van der Waals surface area contributed by atoms with Crippen molar-refractivity contribution in [2.24, 2.45) is 0 Å². The van der Waals surface area contributed by atoms with Crippen LogP contribution in [0.1, 0.15) is 51.2 Å². The van der Waals surface area contributed by atoms with Crippen molar-refractivity contribution < 1.29 is 14.3 Å². The van der Waals surface area contributed by atoms with Gasteiger partial charge < -0.3 is 19.9 Å². The molecule has 0 atom stereocenters. The van der Waals surface area contributed by atoms with Gasteiger partial charge in [-0.05, 0) is 37.8 Å². The minimum Gasteiger partial charge on any atom is -0.491 e. The first-order valence-electron chi connectivity index (χ1n) is 11.8. The molecule has 0 aromatic heterocycles. The fourth-order valence-electron chi connectivity index (χ4n) is 4.59. The van der Waals surface area contributed by atoms with E-state index < -0.39 is 0 Å². The summed E-state index contributed by atoms with van der Waals surface area (Å²) >= 11 is 0. The van der Waals surface area contributed by atoms with Crippen LogP contribution >= 0.6 is 0 Å². The average molecular weight is 431 g/mol. The number of carbonyl (C=O) groups excluding carboxylic acids is 2. The zero-order chi connectivity index (χ0) is 22.2. The van der Waals surface area contributed by atoms with E-state index in [1.807, 2.05) is 24.0 Å². The summed E-state index contributed by atoms with van der Waals surface area (Å²) in [7, 11) is 0. The van der Waals surface area contributed by atoms with Crippen molar-refractivity contribution in [1.82, 2.24) is 20.0 Å². The van der Waals surface area contributed by atoms with Crippen molar-refractivity contribution in [1.29, 1.82) is 0 Å². The Kier molecular flexibility index (Phi) is 8.58. The van der Waals surface area contributed by atoms with Gasteiger partial charge in [-0.2, -0.15) is 0 Å². The van der Waals surface area contributed by atoms with E-state index in [2.05, 4.69) is 30.1 Å². The van der Waals surface area contributed by atoms with Gasteiger partial charge in [-0.25, -0.2) is 4.79 Å². The van der Waals surface area contributed by atoms with Crippen molar-refractivity contribution in [2.45, 2.75) is 59.0 Å². The van der Waals surface area contributed by atoms with Gasteiger partial charge in [0.05, 0.1) is 13.1 Å². The Hall–Kier alpha value is -2.28. The summed E-state index contributed by atoms with van der Waals surface area (Å²) in [4.78, 5) is 31.3. The number of ether oxygens (including phenoxy) is 1. The summed E-state index contributed by atoms with van der Waals surface area (Å²) in [5, 5.41) is 2.86. The van der Waals surface area contributed by atoms with Crippen LogP contribution in [-0.4, -0.2) is 78.6 Å². The summed E-state index contributed by atoms with van der Waals surface area (Å²) in [6.07, 6.45) is 3.57. The Bertz CT molecular complexity index is 742. The molecule has 1 aromatic rings. The van der Waals surface area contributed by atoms with Crippen LogP contribution in [0.25, 0.3) is 0 Å². The van der Waals surface area contributed by atoms with E-state index in [1.165, 1.54) is 12.8 Å². The molecule has 0 aliphatic carbocycles. The average Bonchev–Trinajstić information content (AvgIpc) is 3.01. The predicted octanol–water partition coefficient (Wildman–Crippen LogP) is 2.88. The molecule has 0 unspecified atom stereocenters. The lowest BCUT2D eigenvalue weighted by Crippen LogP contribution is -2.51. The number of carbonyl (C=O) groups is 2. The molecule has 1 aromatic carbocycles. The van der Waals surface area contributed by atoms with Crippen molar-refractivity contribution in [2.75, 3.05) is 45.9 Å². The van der Waals surface area contributed by atoms with Gasteiger partial charge in [0.15, 0.2) is 0 Å². The Balaban J connectivity index is 1.53. The highest BCUT2D eigenvalue weighted by Gasteiger charge is 2.24. The second kappa shape index (κ2) is 11.4. The Morgan fingerprint density at radius 3 is 2.45 bits per heavy atom. The van der Waals surface area contributed by atoms with Crippen molar-refractivity contribution in [3.05, 3.63) is 29.3 Å². The van der Waals surface area contributed by atoms with Gasteiger partial charge in [-0.15, -0.1) is 0 Å². The Labute approximate surface area is 186 Å². The number of hydrogen-bond donors (Lipinski definition) is 1. The zero-order valence-corrected chi connectivity index (χ0v) is 19.4. The standard InChI is InChI=1S/C24H38N4O3/c1-4-21(5-2)26-11-13-27(14-12-26)23(29)10-8-19-7-9-22-20(17-19)18-28(15-16-31-22)24(30)25-6-3/h7,9,17,21H,4-6,8,10-16,18H2,1-3H3,(H,25,30). The maximum Gasteiger partial charge on any atom is 0.317 e. The quantitative estimate of drug-likeness (QED) is 0.722. The largest absolute Gasteiger partial charge is 0.491 e. The Morgan fingerprint density at radius 2 is 1.77 bits per heavy atom. The summed E-state index contributed by atoms with van der Waals surface area (Å²) in [5.41, 5.74) is 2.12. The van der Waals surface area contributed by atoms with Gasteiger partial charge in [0.25, 0.3) is 0 Å². The maximum absolute atomic E-state index is 12.8.